The van der Waals surface area contributed by atoms with Crippen molar-refractivity contribution >= 4 is 0 Å². The number of aromatic nitrogens is 5. The highest BCUT2D eigenvalue weighted by molar-refractivity contribution is 5.66. The normalized spacial score (nSPS) is 12.0. The molecule has 0 bridgehead atoms. The van der Waals surface area contributed by atoms with Crippen LogP contribution in [0.3, 0.4) is 0 Å². The highest BCUT2D eigenvalue weighted by atomic mass is 16.5. The van der Waals surface area contributed by atoms with E-state index in [4.69, 9.17) is 18.5 Å². The van der Waals surface area contributed by atoms with Gasteiger partial charge in [-0.3, -0.25) is 0 Å². The van der Waals surface area contributed by atoms with Gasteiger partial charge < -0.3 is 18.5 Å². The van der Waals surface area contributed by atoms with Gasteiger partial charge in [-0.25, -0.2) is 4.98 Å². The minimum absolute atomic E-state index is 0.434. The molecule has 4 heterocycles. The van der Waals surface area contributed by atoms with E-state index >= 15 is 0 Å². The van der Waals surface area contributed by atoms with Crippen LogP contribution in [0.15, 0.2) is 45.6 Å². The minimum Gasteiger partial charge on any atom is -0.492 e. The summed E-state index contributed by atoms with van der Waals surface area (Å²) in [6.45, 7) is 6.76. The maximum Gasteiger partial charge on any atom is 0.263 e. The Kier molecular flexibility index (Phi) is 5.69. The van der Waals surface area contributed by atoms with E-state index in [1.165, 1.54) is 5.56 Å². The molecule has 1 aliphatic rings. The van der Waals surface area contributed by atoms with Gasteiger partial charge in [0.05, 0.1) is 18.8 Å². The summed E-state index contributed by atoms with van der Waals surface area (Å²) in [6.07, 6.45) is 2.62. The van der Waals surface area contributed by atoms with Gasteiger partial charge >= 0.3 is 0 Å². The van der Waals surface area contributed by atoms with Gasteiger partial charge in [-0.2, -0.15) is 9.97 Å². The first-order valence-corrected chi connectivity index (χ1v) is 9.59. The van der Waals surface area contributed by atoms with Gasteiger partial charge in [-0.15, -0.1) is 0 Å². The van der Waals surface area contributed by atoms with Gasteiger partial charge in [0.2, 0.25) is 5.88 Å². The van der Waals surface area contributed by atoms with Crippen molar-refractivity contribution < 1.29 is 18.5 Å². The predicted molar refractivity (Wildman–Crippen MR) is 107 cm³/mol. The fourth-order valence-corrected chi connectivity index (χ4v) is 3.00. The smallest absolute Gasteiger partial charge is 0.263 e. The first-order valence-electron chi connectivity index (χ1n) is 9.59. The Bertz CT molecular complexity index is 1140. The molecule has 0 saturated heterocycles. The van der Waals surface area contributed by atoms with Crippen molar-refractivity contribution in [3.8, 4) is 34.5 Å². The van der Waals surface area contributed by atoms with Gasteiger partial charge in [0.25, 0.3) is 11.8 Å². The number of hydrogen-bond donors (Lipinski definition) is 0. The zero-order chi connectivity index (χ0) is 20.9. The van der Waals surface area contributed by atoms with Gasteiger partial charge in [-0.05, 0) is 44.5 Å². The predicted octanol–water partition coefficient (Wildman–Crippen LogP) is 3.82. The first kappa shape index (κ1) is 19.6. The summed E-state index contributed by atoms with van der Waals surface area (Å²) < 4.78 is 21.1. The molecule has 154 valence electrons. The summed E-state index contributed by atoms with van der Waals surface area (Å²) >= 11 is 0. The monoisotopic (exact) mass is 407 g/mol. The van der Waals surface area contributed by atoms with Gasteiger partial charge in [0.1, 0.15) is 11.3 Å². The number of pyridine rings is 1. The van der Waals surface area contributed by atoms with Crippen LogP contribution in [0.4, 0.5) is 0 Å². The van der Waals surface area contributed by atoms with Crippen molar-refractivity contribution in [1.29, 1.82) is 0 Å². The lowest BCUT2D eigenvalue weighted by Gasteiger charge is -2.04. The largest absolute Gasteiger partial charge is 0.492 e. The van der Waals surface area contributed by atoms with Gasteiger partial charge in [0, 0.05) is 12.6 Å². The van der Waals surface area contributed by atoms with E-state index in [-0.39, 0.29) is 0 Å². The van der Waals surface area contributed by atoms with E-state index in [2.05, 4.69) is 31.3 Å². The second-order valence-electron chi connectivity index (χ2n) is 6.47. The molecule has 1 aliphatic heterocycles. The van der Waals surface area contributed by atoms with E-state index in [1.807, 2.05) is 25.1 Å². The third-order valence-corrected chi connectivity index (χ3v) is 4.28. The molecule has 30 heavy (non-hydrogen) atoms. The summed E-state index contributed by atoms with van der Waals surface area (Å²) in [6, 6.07) is 9.64. The molecule has 9 nitrogen and oxygen atoms in total. The summed E-state index contributed by atoms with van der Waals surface area (Å²) in [7, 11) is 0. The summed E-state index contributed by atoms with van der Waals surface area (Å²) in [4.78, 5) is 12.4. The maximum absolute atomic E-state index is 5.57. The minimum atomic E-state index is 0.434. The van der Waals surface area contributed by atoms with Crippen molar-refractivity contribution in [2.24, 2.45) is 0 Å². The Morgan fingerprint density at radius 3 is 2.30 bits per heavy atom. The number of hydrogen-bond acceptors (Lipinski definition) is 9. The third kappa shape index (κ3) is 4.14. The first-order chi connectivity index (χ1) is 14.7. The topological polar surface area (TPSA) is 109 Å². The fraction of sp³-hybridized carbons (Fsp3) is 0.286. The molecule has 0 radical (unpaired) electrons. The molecule has 0 saturated carbocycles. The van der Waals surface area contributed by atoms with Crippen LogP contribution in [0.1, 0.15) is 24.1 Å². The molecule has 0 fully saturated rings. The Balaban J connectivity index is 0.000000145. The Labute approximate surface area is 173 Å². The average Bonchev–Trinajstić information content (AvgIpc) is 3.50. The molecule has 0 spiro atoms. The second-order valence-corrected chi connectivity index (χ2v) is 6.47. The van der Waals surface area contributed by atoms with E-state index < -0.39 is 0 Å². The van der Waals surface area contributed by atoms with Crippen LogP contribution >= 0.6 is 0 Å². The van der Waals surface area contributed by atoms with Crippen LogP contribution < -0.4 is 9.47 Å². The van der Waals surface area contributed by atoms with Crippen LogP contribution in [-0.2, 0) is 6.42 Å². The molecule has 0 amide bonds. The standard InChI is InChI=1S/C11H10N2O2.C10H11N3O2/c1-7-12-11(15-13-7)9-4-2-3-8-5-6-14-10(8)9;1-3-14-9-8(5-4-6-11-9)10-12-7(2)13-15-10/h2-4H,5-6H2,1H3;4-6H,3H2,1-2H3. The molecule has 1 aromatic carbocycles. The number of rotatable bonds is 4. The third-order valence-electron chi connectivity index (χ3n) is 4.28. The number of benzene rings is 1. The van der Waals surface area contributed by atoms with Crippen molar-refractivity contribution in [2.45, 2.75) is 27.2 Å². The number of para-hydroxylation sites is 1. The molecule has 5 rings (SSSR count). The zero-order valence-electron chi connectivity index (χ0n) is 17.0. The second kappa shape index (κ2) is 8.73. The van der Waals surface area contributed by atoms with Crippen LogP contribution in [-0.4, -0.2) is 38.5 Å². The van der Waals surface area contributed by atoms with E-state index in [0.29, 0.717) is 35.9 Å². The van der Waals surface area contributed by atoms with Crippen LogP contribution in [0.25, 0.3) is 22.9 Å². The highest BCUT2D eigenvalue weighted by Crippen LogP contribution is 2.35. The number of fused-ring (bicyclic) bond motifs is 1. The lowest BCUT2D eigenvalue weighted by molar-refractivity contribution is 0.326. The van der Waals surface area contributed by atoms with Crippen LogP contribution in [0, 0.1) is 13.8 Å². The number of aryl methyl sites for hydroxylation is 2. The van der Waals surface area contributed by atoms with Crippen LogP contribution in [0.2, 0.25) is 0 Å². The van der Waals surface area contributed by atoms with E-state index in [9.17, 15) is 0 Å². The van der Waals surface area contributed by atoms with Gasteiger partial charge in [0.15, 0.2) is 11.6 Å². The Hall–Kier alpha value is -3.75. The van der Waals surface area contributed by atoms with Crippen molar-refractivity contribution in [3.63, 3.8) is 0 Å². The maximum atomic E-state index is 5.57. The Morgan fingerprint density at radius 1 is 0.933 bits per heavy atom. The lowest BCUT2D eigenvalue weighted by atomic mass is 10.1. The molecular formula is C21H21N5O4. The number of nitrogens with zero attached hydrogens (tertiary/aromatic N) is 5. The van der Waals surface area contributed by atoms with E-state index in [0.717, 1.165) is 29.9 Å². The van der Waals surface area contributed by atoms with Crippen molar-refractivity contribution in [3.05, 3.63) is 53.7 Å². The Morgan fingerprint density at radius 2 is 1.63 bits per heavy atom. The molecule has 4 aromatic rings. The molecule has 0 N–H and O–H groups in total. The summed E-state index contributed by atoms with van der Waals surface area (Å²) in [5, 5.41) is 7.50. The quantitative estimate of drug-likeness (QED) is 0.498. The van der Waals surface area contributed by atoms with Gasteiger partial charge in [-0.1, -0.05) is 22.4 Å². The molecule has 0 unspecified atom stereocenters. The molecule has 0 aliphatic carbocycles. The number of ether oxygens (including phenoxy) is 2. The van der Waals surface area contributed by atoms with Crippen molar-refractivity contribution in [2.75, 3.05) is 13.2 Å². The zero-order valence-corrected chi connectivity index (χ0v) is 17.0. The van der Waals surface area contributed by atoms with Crippen LogP contribution in [0.5, 0.6) is 11.6 Å². The molecular weight excluding hydrogens is 386 g/mol. The molecule has 0 atom stereocenters. The highest BCUT2D eigenvalue weighted by Gasteiger charge is 2.20. The lowest BCUT2D eigenvalue weighted by Crippen LogP contribution is -1.96. The average molecular weight is 407 g/mol. The fourth-order valence-electron chi connectivity index (χ4n) is 3.00. The molecule has 3 aromatic heterocycles. The summed E-state index contributed by atoms with van der Waals surface area (Å²) in [5.41, 5.74) is 2.83. The van der Waals surface area contributed by atoms with Crippen molar-refractivity contribution in [1.82, 2.24) is 25.3 Å². The van der Waals surface area contributed by atoms with E-state index in [1.54, 1.807) is 26.1 Å². The molecule has 9 heteroatoms. The SMILES string of the molecule is CCOc1ncccc1-c1nc(C)no1.Cc1noc(-c2cccc3c2OCC3)n1. The summed E-state index contributed by atoms with van der Waals surface area (Å²) in [5.74, 6) is 3.61.